The van der Waals surface area contributed by atoms with E-state index < -0.39 is 5.97 Å². The van der Waals surface area contributed by atoms with Crippen molar-refractivity contribution in [2.24, 2.45) is 0 Å². The van der Waals surface area contributed by atoms with Crippen LogP contribution >= 0.6 is 31.9 Å². The maximum atomic E-state index is 12.3. The minimum absolute atomic E-state index is 0.150. The Kier molecular flexibility index (Phi) is 7.24. The highest BCUT2D eigenvalue weighted by molar-refractivity contribution is 9.11. The van der Waals surface area contributed by atoms with Crippen LogP contribution in [0.25, 0.3) is 11.1 Å². The molecular weight excluding hydrogens is 474 g/mol. The average Bonchev–Trinajstić information content (AvgIpc) is 2.90. The van der Waals surface area contributed by atoms with Crippen molar-refractivity contribution in [3.8, 4) is 11.1 Å². The number of hydrogen-bond donors (Lipinski definition) is 3. The van der Waals surface area contributed by atoms with Crippen LogP contribution in [0.5, 0.6) is 0 Å². The first-order chi connectivity index (χ1) is 12.5. The molecule has 1 aromatic heterocycles. The number of aliphatic hydroxyl groups is 3. The molecular formula is C17H19Br2NO6. The van der Waals surface area contributed by atoms with Crippen molar-refractivity contribution in [2.45, 2.75) is 26.7 Å². The first-order valence-corrected chi connectivity index (χ1v) is 9.33. The van der Waals surface area contributed by atoms with Crippen LogP contribution in [0, 0.1) is 0 Å². The third-order valence-corrected chi connectivity index (χ3v) is 5.44. The first-order valence-electron chi connectivity index (χ1n) is 7.74. The summed E-state index contributed by atoms with van der Waals surface area (Å²) in [5.41, 5.74) is 2.69. The summed E-state index contributed by atoms with van der Waals surface area (Å²) in [4.78, 5) is 17.6. The molecule has 2 rings (SSSR count). The summed E-state index contributed by atoms with van der Waals surface area (Å²) in [5, 5.41) is 29.0. The van der Waals surface area contributed by atoms with Gasteiger partial charge in [-0.25, -0.2) is 4.79 Å². The zero-order valence-electron chi connectivity index (χ0n) is 14.3. The molecule has 0 fully saturated rings. The highest BCUT2D eigenvalue weighted by Gasteiger charge is 2.29. The number of hydrogen-bond acceptors (Lipinski definition) is 6. The van der Waals surface area contributed by atoms with Crippen molar-refractivity contribution in [2.75, 3.05) is 13.7 Å². The lowest BCUT2D eigenvalue weighted by Gasteiger charge is -2.15. The van der Waals surface area contributed by atoms with Gasteiger partial charge in [-0.1, -0.05) is 12.1 Å². The van der Waals surface area contributed by atoms with E-state index in [1.807, 2.05) is 0 Å². The summed E-state index contributed by atoms with van der Waals surface area (Å²) in [7, 11) is 1.41. The van der Waals surface area contributed by atoms with E-state index in [0.29, 0.717) is 36.9 Å². The molecule has 0 atom stereocenters. The number of nitrogens with zero attached hydrogens (tertiary/aromatic N) is 1. The average molecular weight is 493 g/mol. The molecule has 0 radical (unpaired) electrons. The fourth-order valence-corrected chi connectivity index (χ4v) is 4.50. The Morgan fingerprint density at radius 1 is 1.12 bits per heavy atom. The molecule has 0 spiro atoms. The van der Waals surface area contributed by atoms with Gasteiger partial charge in [-0.05, 0) is 61.0 Å². The second-order valence-electron chi connectivity index (χ2n) is 5.23. The Bertz CT molecular complexity index is 818. The second kappa shape index (κ2) is 9.01. The van der Waals surface area contributed by atoms with Gasteiger partial charge in [0.15, 0.2) is 5.69 Å². The molecule has 1 aromatic carbocycles. The van der Waals surface area contributed by atoms with Gasteiger partial charge in [0.2, 0.25) is 0 Å². The van der Waals surface area contributed by atoms with E-state index in [0.717, 1.165) is 0 Å². The SMILES string of the molecule is CCOC(=O)c1c(Br)c(-c2ccc(CO)c(CO)c2CO)c(Br)n1OC. The minimum Gasteiger partial charge on any atom is -0.461 e. The molecule has 0 aliphatic heterocycles. The molecule has 3 N–H and O–H groups in total. The Hall–Kier alpha value is -1.39. The Morgan fingerprint density at radius 2 is 1.77 bits per heavy atom. The lowest BCUT2D eigenvalue weighted by Crippen LogP contribution is -2.16. The van der Waals surface area contributed by atoms with E-state index in [1.165, 1.54) is 11.8 Å². The highest BCUT2D eigenvalue weighted by atomic mass is 79.9. The summed E-state index contributed by atoms with van der Waals surface area (Å²) >= 11 is 6.84. The fourth-order valence-electron chi connectivity index (χ4n) is 2.77. The van der Waals surface area contributed by atoms with E-state index in [9.17, 15) is 20.1 Å². The molecule has 0 amide bonds. The van der Waals surface area contributed by atoms with Gasteiger partial charge in [0.1, 0.15) is 11.7 Å². The van der Waals surface area contributed by atoms with Crippen molar-refractivity contribution >= 4 is 37.8 Å². The zero-order valence-corrected chi connectivity index (χ0v) is 17.4. The maximum absolute atomic E-state index is 12.3. The van der Waals surface area contributed by atoms with E-state index in [-0.39, 0.29) is 32.1 Å². The van der Waals surface area contributed by atoms with Crippen LogP contribution in [0.1, 0.15) is 34.1 Å². The Morgan fingerprint density at radius 3 is 2.27 bits per heavy atom. The van der Waals surface area contributed by atoms with E-state index in [2.05, 4.69) is 31.9 Å². The Balaban J connectivity index is 2.80. The summed E-state index contributed by atoms with van der Waals surface area (Å²) in [6.07, 6.45) is 0. The normalized spacial score (nSPS) is 10.9. The predicted octanol–water partition coefficient (Wildman–Crippen LogP) is 2.39. The Labute approximate surface area is 167 Å². The quantitative estimate of drug-likeness (QED) is 0.513. The molecule has 0 saturated carbocycles. The molecule has 142 valence electrons. The van der Waals surface area contributed by atoms with Crippen LogP contribution in [0.15, 0.2) is 21.2 Å². The van der Waals surface area contributed by atoms with Gasteiger partial charge in [0, 0.05) is 5.56 Å². The number of halogens is 2. The van der Waals surface area contributed by atoms with Gasteiger partial charge in [-0.3, -0.25) is 0 Å². The van der Waals surface area contributed by atoms with Crippen LogP contribution in [-0.2, 0) is 24.6 Å². The minimum atomic E-state index is -0.576. The number of rotatable bonds is 7. The number of esters is 1. The number of carbonyl (C=O) groups is 1. The third-order valence-electron chi connectivity index (χ3n) is 3.95. The molecule has 0 saturated heterocycles. The van der Waals surface area contributed by atoms with Gasteiger partial charge >= 0.3 is 5.97 Å². The summed E-state index contributed by atoms with van der Waals surface area (Å²) in [5.74, 6) is -0.576. The monoisotopic (exact) mass is 491 g/mol. The van der Waals surface area contributed by atoms with Crippen molar-refractivity contribution < 1.29 is 29.7 Å². The van der Waals surface area contributed by atoms with Crippen molar-refractivity contribution in [3.05, 3.63) is 43.6 Å². The van der Waals surface area contributed by atoms with E-state index >= 15 is 0 Å². The van der Waals surface area contributed by atoms with Gasteiger partial charge in [0.25, 0.3) is 0 Å². The van der Waals surface area contributed by atoms with Crippen molar-refractivity contribution in [1.82, 2.24) is 4.73 Å². The number of carbonyl (C=O) groups excluding carboxylic acids is 1. The predicted molar refractivity (Wildman–Crippen MR) is 101 cm³/mol. The van der Waals surface area contributed by atoms with Crippen LogP contribution in [0.4, 0.5) is 0 Å². The van der Waals surface area contributed by atoms with E-state index in [1.54, 1.807) is 19.1 Å². The molecule has 0 bridgehead atoms. The zero-order chi connectivity index (χ0) is 19.4. The van der Waals surface area contributed by atoms with Gasteiger partial charge in [-0.2, -0.15) is 4.73 Å². The van der Waals surface area contributed by atoms with Crippen LogP contribution in [0.3, 0.4) is 0 Å². The third kappa shape index (κ3) is 3.54. The van der Waals surface area contributed by atoms with Gasteiger partial charge in [-0.15, -0.1) is 0 Å². The summed E-state index contributed by atoms with van der Waals surface area (Å²) < 4.78 is 7.21. The van der Waals surface area contributed by atoms with Crippen LogP contribution in [-0.4, -0.2) is 39.7 Å². The van der Waals surface area contributed by atoms with Crippen molar-refractivity contribution in [1.29, 1.82) is 0 Å². The molecule has 26 heavy (non-hydrogen) atoms. The number of benzene rings is 1. The second-order valence-corrected chi connectivity index (χ2v) is 6.77. The summed E-state index contributed by atoms with van der Waals surface area (Å²) in [6.45, 7) is 0.940. The molecule has 0 aliphatic rings. The van der Waals surface area contributed by atoms with Crippen LogP contribution in [0.2, 0.25) is 0 Å². The topological polar surface area (TPSA) is 101 Å². The number of aliphatic hydroxyl groups excluding tert-OH is 3. The van der Waals surface area contributed by atoms with E-state index in [4.69, 9.17) is 9.57 Å². The van der Waals surface area contributed by atoms with Crippen molar-refractivity contribution in [3.63, 3.8) is 0 Å². The summed E-state index contributed by atoms with van der Waals surface area (Å²) in [6, 6.07) is 3.36. The largest absolute Gasteiger partial charge is 0.461 e. The maximum Gasteiger partial charge on any atom is 0.359 e. The fraction of sp³-hybridized carbons (Fsp3) is 0.353. The molecule has 1 heterocycles. The molecule has 9 heteroatoms. The highest BCUT2D eigenvalue weighted by Crippen LogP contribution is 2.42. The number of aromatic nitrogens is 1. The molecule has 7 nitrogen and oxygen atoms in total. The molecule has 2 aromatic rings. The molecule has 0 unspecified atom stereocenters. The number of ether oxygens (including phenoxy) is 1. The smallest absolute Gasteiger partial charge is 0.359 e. The lowest BCUT2D eigenvalue weighted by molar-refractivity contribution is 0.0467. The molecule has 0 aliphatic carbocycles. The van der Waals surface area contributed by atoms with Gasteiger partial charge < -0.3 is 24.9 Å². The standard InChI is InChI=1S/C17H19Br2NO6/c1-3-26-17(24)15-14(18)13(16(19)20(15)25-2)10-5-4-9(6-21)11(7-22)12(10)8-23/h4-5,21-23H,3,6-8H2,1-2H3. The van der Waals surface area contributed by atoms with Gasteiger partial charge in [0.05, 0.1) is 30.9 Å². The first kappa shape index (κ1) is 20.9. The van der Waals surface area contributed by atoms with Crippen LogP contribution < -0.4 is 4.84 Å². The lowest BCUT2D eigenvalue weighted by atomic mass is 9.93.